The molecule has 2 saturated heterocycles. The number of ether oxygens (including phenoxy) is 1. The van der Waals surface area contributed by atoms with E-state index in [1.54, 1.807) is 37.4 Å². The number of nitrogens with zero attached hydrogens (tertiary/aromatic N) is 5. The Kier molecular flexibility index (Phi) is 9.76. The lowest BCUT2D eigenvalue weighted by Gasteiger charge is -2.38. The number of imide groups is 2. The van der Waals surface area contributed by atoms with E-state index in [2.05, 4.69) is 30.8 Å². The quantitative estimate of drug-likeness (QED) is 0.141. The number of carbonyl (C=O) groups excluding carboxylic acids is 5. The molecule has 0 spiro atoms. The summed E-state index contributed by atoms with van der Waals surface area (Å²) in [5.74, 6) is -1.54. The zero-order valence-corrected chi connectivity index (χ0v) is 31.4. The predicted octanol–water partition coefficient (Wildman–Crippen LogP) is 4.97. The summed E-state index contributed by atoms with van der Waals surface area (Å²) in [6, 6.07) is 17.5. The van der Waals surface area contributed by atoms with Crippen LogP contribution in [0.1, 0.15) is 46.4 Å². The van der Waals surface area contributed by atoms with Crippen molar-refractivity contribution in [1.82, 2.24) is 30.1 Å². The fourth-order valence-electron chi connectivity index (χ4n) is 7.66. The molecule has 0 aliphatic carbocycles. The van der Waals surface area contributed by atoms with E-state index >= 15 is 0 Å². The van der Waals surface area contributed by atoms with E-state index < -0.39 is 29.7 Å². The Bertz CT molecular complexity index is 2410. The van der Waals surface area contributed by atoms with E-state index in [0.717, 1.165) is 39.9 Å². The third kappa shape index (κ3) is 6.74. The van der Waals surface area contributed by atoms with Crippen molar-refractivity contribution >= 4 is 75.1 Å². The zero-order valence-electron chi connectivity index (χ0n) is 30.6. The molecule has 286 valence electrons. The van der Waals surface area contributed by atoms with E-state index in [1.165, 1.54) is 6.07 Å². The van der Waals surface area contributed by atoms with Gasteiger partial charge in [0, 0.05) is 72.7 Å². The molecule has 3 aromatic carbocycles. The number of fused-ring (bicyclic) bond motifs is 2. The van der Waals surface area contributed by atoms with Gasteiger partial charge < -0.3 is 30.2 Å². The summed E-state index contributed by atoms with van der Waals surface area (Å²) in [7, 11) is 3.38. The minimum absolute atomic E-state index is 0.00973. The number of likely N-dealkylation sites (N-methyl/N-ethyl adjacent to an activating group) is 1. The van der Waals surface area contributed by atoms with Gasteiger partial charge in [-0.05, 0) is 49.6 Å². The van der Waals surface area contributed by atoms with Crippen LogP contribution in [0.5, 0.6) is 5.75 Å². The summed E-state index contributed by atoms with van der Waals surface area (Å²) in [6.07, 6.45) is 5.01. The van der Waals surface area contributed by atoms with Gasteiger partial charge in [-0.15, -0.1) is 0 Å². The van der Waals surface area contributed by atoms with Crippen LogP contribution in [0.2, 0.25) is 5.02 Å². The van der Waals surface area contributed by atoms with Crippen LogP contribution in [-0.2, 0) is 14.4 Å². The first-order valence-electron chi connectivity index (χ1n) is 18.2. The highest BCUT2D eigenvalue weighted by Crippen LogP contribution is 2.36. The van der Waals surface area contributed by atoms with Crippen LogP contribution in [0, 0.1) is 0 Å². The largest absolute Gasteiger partial charge is 0.494 e. The van der Waals surface area contributed by atoms with Crippen molar-refractivity contribution in [3.8, 4) is 17.0 Å². The van der Waals surface area contributed by atoms with Crippen molar-refractivity contribution in [3.63, 3.8) is 0 Å². The van der Waals surface area contributed by atoms with Gasteiger partial charge in [-0.2, -0.15) is 0 Å². The molecule has 8 rings (SSSR count). The number of para-hydroxylation sites is 1. The molecular weight excluding hydrogens is 738 g/mol. The molecule has 2 aromatic heterocycles. The van der Waals surface area contributed by atoms with Crippen molar-refractivity contribution in [2.75, 3.05) is 49.3 Å². The molecule has 15 nitrogen and oxygen atoms in total. The maximum Gasteiger partial charge on any atom is 0.264 e. The zero-order chi connectivity index (χ0) is 39.1. The first-order chi connectivity index (χ1) is 27.1. The molecule has 16 heteroatoms. The topological polar surface area (TPSA) is 182 Å². The Morgan fingerprint density at radius 1 is 0.982 bits per heavy atom. The number of halogens is 1. The number of benzene rings is 3. The summed E-state index contributed by atoms with van der Waals surface area (Å²) < 4.78 is 5.76. The Hall–Kier alpha value is -6.48. The Morgan fingerprint density at radius 2 is 1.79 bits per heavy atom. The number of methoxy groups -OCH3 is 1. The van der Waals surface area contributed by atoms with Crippen molar-refractivity contribution in [2.45, 2.75) is 37.8 Å². The van der Waals surface area contributed by atoms with Gasteiger partial charge in [-0.3, -0.25) is 34.2 Å². The molecule has 0 bridgehead atoms. The molecule has 3 aliphatic heterocycles. The standard InChI is InChI=1S/C40H38ClN9O6/c1-48(34(52)21-43-30-9-5-7-25-35(30)39(55)50(38(25)54)31-12-13-33(51)46-37(31)53)22-14-16-49(17-15-22)23-10-11-29(32(18-23)56-2)45-40-44-20-27(41)36(47-40)26-19-42-28-8-4-3-6-24(26)28/h3-11,18-20,22,31,42-43H,12-17,21H2,1-2H3,(H,44,45,47)(H,46,51,53). The highest BCUT2D eigenvalue weighted by molar-refractivity contribution is 6.33. The van der Waals surface area contributed by atoms with Crippen LogP contribution in [0.3, 0.4) is 0 Å². The normalized spacial score (nSPS) is 17.2. The molecule has 1 unspecified atom stereocenters. The molecule has 56 heavy (non-hydrogen) atoms. The van der Waals surface area contributed by atoms with Gasteiger partial charge in [-0.1, -0.05) is 35.9 Å². The van der Waals surface area contributed by atoms with Gasteiger partial charge in [0.1, 0.15) is 11.8 Å². The number of rotatable bonds is 10. The fraction of sp³-hybridized carbons (Fsp3) is 0.275. The van der Waals surface area contributed by atoms with Crippen molar-refractivity contribution in [3.05, 3.63) is 89.2 Å². The third-order valence-corrected chi connectivity index (χ3v) is 11.0. The molecule has 5 amide bonds. The first-order valence-corrected chi connectivity index (χ1v) is 18.6. The van der Waals surface area contributed by atoms with Crippen molar-refractivity contribution < 1.29 is 28.7 Å². The Balaban J connectivity index is 0.879. The second kappa shape index (κ2) is 15.0. The highest BCUT2D eigenvalue weighted by Gasteiger charge is 2.45. The SMILES string of the molecule is COc1cc(N2CCC(N(C)C(=O)CNc3cccc4c3C(=O)N(C3CCC(=O)NC3=O)C4=O)CC2)ccc1Nc1ncc(Cl)c(-c2c[nH]c3ccccc23)n1. The smallest absolute Gasteiger partial charge is 0.264 e. The predicted molar refractivity (Wildman–Crippen MR) is 210 cm³/mol. The first kappa shape index (κ1) is 36.5. The molecule has 4 N–H and O–H groups in total. The summed E-state index contributed by atoms with van der Waals surface area (Å²) in [4.78, 5) is 81.4. The second-order valence-electron chi connectivity index (χ2n) is 13.9. The van der Waals surface area contributed by atoms with Gasteiger partial charge in [0.15, 0.2) is 0 Å². The molecule has 2 fully saturated rings. The number of amides is 5. The number of H-pyrrole nitrogens is 1. The minimum Gasteiger partial charge on any atom is -0.494 e. The molecule has 5 heterocycles. The maximum absolute atomic E-state index is 13.4. The molecule has 5 aromatic rings. The molecular formula is C40H38ClN9O6. The Labute approximate surface area is 326 Å². The average Bonchev–Trinajstić information content (AvgIpc) is 3.75. The van der Waals surface area contributed by atoms with E-state index in [-0.39, 0.29) is 42.5 Å². The summed E-state index contributed by atoms with van der Waals surface area (Å²) in [5.41, 5.74) is 4.71. The molecule has 0 saturated carbocycles. The van der Waals surface area contributed by atoms with Crippen molar-refractivity contribution in [2.24, 2.45) is 0 Å². The van der Waals surface area contributed by atoms with Crippen LogP contribution in [0.4, 0.5) is 23.0 Å². The van der Waals surface area contributed by atoms with Gasteiger partial charge in [0.2, 0.25) is 23.7 Å². The summed E-state index contributed by atoms with van der Waals surface area (Å²) >= 11 is 6.54. The number of aromatic amines is 1. The number of anilines is 4. The van der Waals surface area contributed by atoms with Crippen LogP contribution >= 0.6 is 11.6 Å². The molecule has 3 aliphatic rings. The maximum atomic E-state index is 13.4. The monoisotopic (exact) mass is 775 g/mol. The third-order valence-electron chi connectivity index (χ3n) is 10.7. The van der Waals surface area contributed by atoms with E-state index in [9.17, 15) is 24.0 Å². The number of nitrogens with one attached hydrogen (secondary N) is 4. The minimum atomic E-state index is -1.07. The van der Waals surface area contributed by atoms with Gasteiger partial charge in [0.25, 0.3) is 11.8 Å². The highest BCUT2D eigenvalue weighted by atomic mass is 35.5. The lowest BCUT2D eigenvalue weighted by molar-refractivity contribution is -0.136. The van der Waals surface area contributed by atoms with Crippen LogP contribution in [0.25, 0.3) is 22.2 Å². The van der Waals surface area contributed by atoms with Crippen LogP contribution in [0.15, 0.2) is 73.1 Å². The summed E-state index contributed by atoms with van der Waals surface area (Å²) in [5, 5.41) is 9.97. The number of aromatic nitrogens is 3. The van der Waals surface area contributed by atoms with Crippen LogP contribution < -0.4 is 25.6 Å². The number of piperidine rings is 2. The fourth-order valence-corrected chi connectivity index (χ4v) is 7.85. The lowest BCUT2D eigenvalue weighted by Crippen LogP contribution is -2.54. The van der Waals surface area contributed by atoms with Gasteiger partial charge >= 0.3 is 0 Å². The molecule has 0 radical (unpaired) electrons. The van der Waals surface area contributed by atoms with E-state index in [4.69, 9.17) is 21.3 Å². The summed E-state index contributed by atoms with van der Waals surface area (Å²) in [6.45, 7) is 1.32. The van der Waals surface area contributed by atoms with E-state index in [0.29, 0.717) is 46.9 Å². The number of hydrogen-bond acceptors (Lipinski definition) is 11. The lowest BCUT2D eigenvalue weighted by atomic mass is 10.0. The van der Waals surface area contributed by atoms with Crippen LogP contribution in [-0.4, -0.2) is 100 Å². The Morgan fingerprint density at radius 3 is 2.57 bits per heavy atom. The van der Waals surface area contributed by atoms with Gasteiger partial charge in [0.05, 0.1) is 47.4 Å². The number of hydrogen-bond donors (Lipinski definition) is 4. The van der Waals surface area contributed by atoms with Crippen molar-refractivity contribution in [1.29, 1.82) is 0 Å². The van der Waals surface area contributed by atoms with E-state index in [1.807, 2.05) is 48.7 Å². The second-order valence-corrected chi connectivity index (χ2v) is 14.3. The molecule has 1 atom stereocenters. The number of carbonyl (C=O) groups is 5. The average molecular weight is 776 g/mol. The van der Waals surface area contributed by atoms with Gasteiger partial charge in [-0.25, -0.2) is 9.97 Å².